The molecule has 2 N–H and O–H groups in total. The lowest BCUT2D eigenvalue weighted by Gasteiger charge is -2.38. The molecule has 2 unspecified atom stereocenters. The number of rotatable bonds is 3. The average molecular weight is 398 g/mol. The van der Waals surface area contributed by atoms with E-state index in [2.05, 4.69) is 15.9 Å². The van der Waals surface area contributed by atoms with Crippen LogP contribution in [0.3, 0.4) is 0 Å². The van der Waals surface area contributed by atoms with E-state index in [1.54, 1.807) is 19.2 Å². The van der Waals surface area contributed by atoms with Crippen molar-refractivity contribution in [1.82, 2.24) is 4.90 Å². The monoisotopic (exact) mass is 396 g/mol. The summed E-state index contributed by atoms with van der Waals surface area (Å²) in [6.45, 7) is 1.07. The van der Waals surface area contributed by atoms with Crippen molar-refractivity contribution < 1.29 is 9.53 Å². The first-order chi connectivity index (χ1) is 9.56. The van der Waals surface area contributed by atoms with E-state index in [0.717, 1.165) is 17.3 Å². The summed E-state index contributed by atoms with van der Waals surface area (Å²) in [4.78, 5) is 14.5. The van der Waals surface area contributed by atoms with Crippen molar-refractivity contribution >= 4 is 45.8 Å². The second-order valence-corrected chi connectivity index (χ2v) is 6.22. The van der Waals surface area contributed by atoms with E-state index in [0.29, 0.717) is 23.7 Å². The second kappa shape index (κ2) is 8.34. The van der Waals surface area contributed by atoms with Crippen LogP contribution in [0.1, 0.15) is 23.2 Å². The lowest BCUT2D eigenvalue weighted by atomic mass is 9.98. The molecule has 7 heteroatoms. The molecule has 1 amide bonds. The Labute approximate surface area is 144 Å². The number of benzene rings is 1. The average Bonchev–Trinajstić information content (AvgIpc) is 2.48. The van der Waals surface area contributed by atoms with Gasteiger partial charge >= 0.3 is 0 Å². The zero-order valence-corrected chi connectivity index (χ0v) is 14.9. The van der Waals surface area contributed by atoms with E-state index < -0.39 is 0 Å². The number of amides is 1. The summed E-state index contributed by atoms with van der Waals surface area (Å²) in [5.74, 6) is -0.0682. The largest absolute Gasteiger partial charge is 0.381 e. The Bertz CT molecular complexity index is 502. The fourth-order valence-electron chi connectivity index (χ4n) is 2.54. The Morgan fingerprint density at radius 2 is 2.29 bits per heavy atom. The third-order valence-corrected chi connectivity index (χ3v) is 4.52. The number of halogens is 3. The number of likely N-dealkylation sites (tertiary alicyclic amines) is 1. The topological polar surface area (TPSA) is 55.6 Å². The highest BCUT2D eigenvalue weighted by Gasteiger charge is 2.32. The van der Waals surface area contributed by atoms with Crippen molar-refractivity contribution in [3.05, 3.63) is 33.3 Å². The molecule has 1 heterocycles. The molecule has 21 heavy (non-hydrogen) atoms. The highest BCUT2D eigenvalue weighted by molar-refractivity contribution is 9.10. The lowest BCUT2D eigenvalue weighted by Crippen LogP contribution is -2.51. The maximum atomic E-state index is 12.7. The molecule has 0 saturated carbocycles. The molecule has 2 atom stereocenters. The molecule has 0 aromatic heterocycles. The van der Waals surface area contributed by atoms with Crippen LogP contribution in [0.5, 0.6) is 0 Å². The van der Waals surface area contributed by atoms with E-state index in [1.165, 1.54) is 0 Å². The van der Waals surface area contributed by atoms with Gasteiger partial charge in [-0.3, -0.25) is 4.79 Å². The first kappa shape index (κ1) is 18.7. The van der Waals surface area contributed by atoms with Gasteiger partial charge in [-0.1, -0.05) is 27.5 Å². The van der Waals surface area contributed by atoms with Gasteiger partial charge in [0.15, 0.2) is 0 Å². The van der Waals surface area contributed by atoms with Gasteiger partial charge in [-0.05, 0) is 31.0 Å². The summed E-state index contributed by atoms with van der Waals surface area (Å²) >= 11 is 9.50. The van der Waals surface area contributed by atoms with Crippen molar-refractivity contribution in [2.75, 3.05) is 20.2 Å². The van der Waals surface area contributed by atoms with E-state index >= 15 is 0 Å². The standard InChI is InChI=1S/C14H18BrClN2O2.ClH/c1-20-11-4-5-18(10(7-11)8-17)14(19)12-6-9(15)2-3-13(12)16;/h2-3,6,10-11H,4-5,7-8,17H2,1H3;1H. The highest BCUT2D eigenvalue weighted by Crippen LogP contribution is 2.26. The summed E-state index contributed by atoms with van der Waals surface area (Å²) in [6.07, 6.45) is 1.76. The van der Waals surface area contributed by atoms with E-state index in [9.17, 15) is 4.79 Å². The summed E-state index contributed by atoms with van der Waals surface area (Å²) in [7, 11) is 1.70. The van der Waals surface area contributed by atoms with Crippen LogP contribution in [0.15, 0.2) is 22.7 Å². The van der Waals surface area contributed by atoms with Crippen LogP contribution in [0, 0.1) is 0 Å². The first-order valence-electron chi connectivity index (χ1n) is 6.55. The molecular formula is C14H19BrCl2N2O2. The molecule has 0 spiro atoms. The molecule has 1 aromatic rings. The number of carbonyl (C=O) groups excluding carboxylic acids is 1. The minimum atomic E-state index is -0.0682. The van der Waals surface area contributed by atoms with Gasteiger partial charge in [0.05, 0.1) is 16.7 Å². The minimum absolute atomic E-state index is 0. The zero-order chi connectivity index (χ0) is 14.7. The number of hydrogen-bond donors (Lipinski definition) is 1. The van der Waals surface area contributed by atoms with E-state index in [4.69, 9.17) is 22.1 Å². The van der Waals surface area contributed by atoms with Gasteiger partial charge < -0.3 is 15.4 Å². The third kappa shape index (κ3) is 4.33. The molecule has 1 fully saturated rings. The van der Waals surface area contributed by atoms with Crippen molar-refractivity contribution in [1.29, 1.82) is 0 Å². The molecule has 0 radical (unpaired) electrons. The number of ether oxygens (including phenoxy) is 1. The summed E-state index contributed by atoms with van der Waals surface area (Å²) in [6, 6.07) is 5.28. The van der Waals surface area contributed by atoms with Crippen molar-refractivity contribution in [3.63, 3.8) is 0 Å². The smallest absolute Gasteiger partial charge is 0.255 e. The second-order valence-electron chi connectivity index (χ2n) is 4.89. The molecule has 1 aliphatic heterocycles. The highest BCUT2D eigenvalue weighted by atomic mass is 79.9. The Morgan fingerprint density at radius 3 is 2.90 bits per heavy atom. The van der Waals surface area contributed by atoms with Crippen LogP contribution >= 0.6 is 39.9 Å². The van der Waals surface area contributed by atoms with Crippen LogP contribution in [0.4, 0.5) is 0 Å². The van der Waals surface area contributed by atoms with Crippen LogP contribution in [0.2, 0.25) is 5.02 Å². The predicted molar refractivity (Wildman–Crippen MR) is 90.3 cm³/mol. The Balaban J connectivity index is 0.00000220. The number of methoxy groups -OCH3 is 1. The Kier molecular flexibility index (Phi) is 7.44. The lowest BCUT2D eigenvalue weighted by molar-refractivity contribution is 0.0139. The van der Waals surface area contributed by atoms with Gasteiger partial charge in [-0.2, -0.15) is 0 Å². The molecule has 1 aromatic carbocycles. The molecular weight excluding hydrogens is 379 g/mol. The van der Waals surface area contributed by atoms with E-state index in [-0.39, 0.29) is 30.5 Å². The number of piperidine rings is 1. The number of hydrogen-bond acceptors (Lipinski definition) is 3. The van der Waals surface area contributed by atoms with Crippen LogP contribution in [0.25, 0.3) is 0 Å². The number of nitrogens with two attached hydrogens (primary N) is 1. The zero-order valence-electron chi connectivity index (χ0n) is 11.7. The Morgan fingerprint density at radius 1 is 1.57 bits per heavy atom. The quantitative estimate of drug-likeness (QED) is 0.852. The fourth-order valence-corrected chi connectivity index (χ4v) is 3.09. The van der Waals surface area contributed by atoms with Crippen LogP contribution in [-0.4, -0.2) is 43.2 Å². The SMILES string of the molecule is COC1CCN(C(=O)c2cc(Br)ccc2Cl)C(CN)C1.Cl. The maximum absolute atomic E-state index is 12.7. The fraction of sp³-hybridized carbons (Fsp3) is 0.500. The van der Waals surface area contributed by atoms with Crippen molar-refractivity contribution in [2.24, 2.45) is 5.73 Å². The van der Waals surface area contributed by atoms with Crippen molar-refractivity contribution in [3.8, 4) is 0 Å². The Hall–Kier alpha value is -0.330. The summed E-state index contributed by atoms with van der Waals surface area (Å²) in [5, 5.41) is 0.461. The number of carbonyl (C=O) groups is 1. The molecule has 118 valence electrons. The molecule has 1 aliphatic rings. The normalized spacial score (nSPS) is 21.8. The molecule has 2 rings (SSSR count). The van der Waals surface area contributed by atoms with Gasteiger partial charge in [0, 0.05) is 30.7 Å². The first-order valence-corrected chi connectivity index (χ1v) is 7.72. The maximum Gasteiger partial charge on any atom is 0.255 e. The molecule has 0 bridgehead atoms. The van der Waals surface area contributed by atoms with Crippen molar-refractivity contribution in [2.45, 2.75) is 25.0 Å². The van der Waals surface area contributed by atoms with Gasteiger partial charge in [0.2, 0.25) is 0 Å². The van der Waals surface area contributed by atoms with E-state index in [1.807, 2.05) is 11.0 Å². The number of nitrogens with zero attached hydrogens (tertiary/aromatic N) is 1. The third-order valence-electron chi connectivity index (χ3n) is 3.69. The minimum Gasteiger partial charge on any atom is -0.381 e. The van der Waals surface area contributed by atoms with Gasteiger partial charge in [-0.25, -0.2) is 0 Å². The van der Waals surface area contributed by atoms with Crippen LogP contribution < -0.4 is 5.73 Å². The predicted octanol–water partition coefficient (Wildman–Crippen LogP) is 3.10. The van der Waals surface area contributed by atoms with Gasteiger partial charge in [0.1, 0.15) is 0 Å². The summed E-state index contributed by atoms with van der Waals surface area (Å²) < 4.78 is 6.21. The molecule has 1 saturated heterocycles. The van der Waals surface area contributed by atoms with Gasteiger partial charge in [-0.15, -0.1) is 12.4 Å². The summed E-state index contributed by atoms with van der Waals surface area (Å²) in [5.41, 5.74) is 6.31. The molecule has 0 aliphatic carbocycles. The van der Waals surface area contributed by atoms with Crippen LogP contribution in [-0.2, 0) is 4.74 Å². The molecule has 4 nitrogen and oxygen atoms in total. The van der Waals surface area contributed by atoms with Gasteiger partial charge in [0.25, 0.3) is 5.91 Å².